The Kier molecular flexibility index (Phi) is 5.00. The number of aromatic carboxylic acids is 1. The van der Waals surface area contributed by atoms with E-state index < -0.39 is 5.97 Å². The predicted octanol–water partition coefficient (Wildman–Crippen LogP) is 3.22. The summed E-state index contributed by atoms with van der Waals surface area (Å²) in [5.41, 5.74) is 2.32. The second-order valence-corrected chi connectivity index (χ2v) is 8.97. The Bertz CT molecular complexity index is 1650. The summed E-state index contributed by atoms with van der Waals surface area (Å²) >= 11 is 0. The maximum Gasteiger partial charge on any atom is 0.354 e. The van der Waals surface area contributed by atoms with Crippen molar-refractivity contribution in [3.63, 3.8) is 0 Å². The SMILES string of the molecule is Cn1c(C(=O)O)cnc1CN1CC[C@H](n2c(=O)n(-c3ccc4ccccc4c3)c3cccnc32)C1. The molecule has 6 rings (SSSR count). The van der Waals surface area contributed by atoms with Crippen LogP contribution in [0.25, 0.3) is 27.6 Å². The molecule has 1 fully saturated rings. The van der Waals surface area contributed by atoms with Crippen molar-refractivity contribution in [3.8, 4) is 5.69 Å². The smallest absolute Gasteiger partial charge is 0.354 e. The Morgan fingerprint density at radius 2 is 1.91 bits per heavy atom. The zero-order valence-corrected chi connectivity index (χ0v) is 19.2. The van der Waals surface area contributed by atoms with Gasteiger partial charge >= 0.3 is 11.7 Å². The number of imidazole rings is 2. The van der Waals surface area contributed by atoms with Gasteiger partial charge in [0, 0.05) is 26.3 Å². The van der Waals surface area contributed by atoms with E-state index in [9.17, 15) is 14.7 Å². The van der Waals surface area contributed by atoms with Crippen molar-refractivity contribution in [2.45, 2.75) is 19.0 Å². The maximum atomic E-state index is 13.8. The third-order valence-electron chi connectivity index (χ3n) is 6.90. The van der Waals surface area contributed by atoms with Crippen LogP contribution in [0.4, 0.5) is 0 Å². The van der Waals surface area contributed by atoms with Crippen LogP contribution >= 0.6 is 0 Å². The van der Waals surface area contributed by atoms with Crippen molar-refractivity contribution >= 4 is 27.9 Å². The van der Waals surface area contributed by atoms with Crippen LogP contribution in [-0.2, 0) is 13.6 Å². The van der Waals surface area contributed by atoms with Crippen molar-refractivity contribution in [1.29, 1.82) is 0 Å². The normalized spacial score (nSPS) is 16.4. The average Bonchev–Trinajstić information content (AvgIpc) is 3.54. The first-order chi connectivity index (χ1) is 17.0. The molecule has 0 spiro atoms. The van der Waals surface area contributed by atoms with E-state index in [2.05, 4.69) is 20.9 Å². The number of likely N-dealkylation sites (tertiary alicyclic amines) is 1. The van der Waals surface area contributed by atoms with Crippen LogP contribution in [0.5, 0.6) is 0 Å². The first-order valence-corrected chi connectivity index (χ1v) is 11.5. The highest BCUT2D eigenvalue weighted by Crippen LogP contribution is 2.27. The molecule has 1 aliphatic heterocycles. The molecule has 4 heterocycles. The molecule has 0 saturated carbocycles. The molecular weight excluding hydrogens is 444 g/mol. The number of hydrogen-bond acceptors (Lipinski definition) is 5. The zero-order valence-electron chi connectivity index (χ0n) is 19.2. The average molecular weight is 469 g/mol. The van der Waals surface area contributed by atoms with Crippen LogP contribution in [0, 0.1) is 0 Å². The molecule has 9 nitrogen and oxygen atoms in total. The Hall–Kier alpha value is -4.24. The Balaban J connectivity index is 1.36. The second kappa shape index (κ2) is 8.21. The number of pyridine rings is 1. The fraction of sp³-hybridized carbons (Fsp3) is 0.231. The van der Waals surface area contributed by atoms with E-state index in [0.29, 0.717) is 24.6 Å². The van der Waals surface area contributed by atoms with Crippen molar-refractivity contribution in [2.75, 3.05) is 13.1 Å². The van der Waals surface area contributed by atoms with E-state index in [-0.39, 0.29) is 17.4 Å². The molecule has 0 radical (unpaired) electrons. The van der Waals surface area contributed by atoms with E-state index in [4.69, 9.17) is 0 Å². The van der Waals surface area contributed by atoms with Gasteiger partial charge in [0.05, 0.1) is 30.0 Å². The zero-order chi connectivity index (χ0) is 24.1. The fourth-order valence-electron chi connectivity index (χ4n) is 5.10. The van der Waals surface area contributed by atoms with Crippen molar-refractivity contribution in [2.24, 2.45) is 7.05 Å². The van der Waals surface area contributed by atoms with Crippen LogP contribution in [0.2, 0.25) is 0 Å². The minimum atomic E-state index is -0.996. The van der Waals surface area contributed by atoms with Crippen LogP contribution in [0.1, 0.15) is 28.8 Å². The van der Waals surface area contributed by atoms with Gasteiger partial charge in [-0.05, 0) is 41.5 Å². The standard InChI is InChI=1S/C26H24N6O3/c1-29-22(25(33)34)14-28-23(29)16-30-12-10-20(15-30)32-24-21(7-4-11-27-24)31(26(32)35)19-9-8-17-5-2-3-6-18(17)13-19/h2-9,11,13-14,20H,10,12,15-16H2,1H3,(H,33,34)/t20-/m0/s1. The molecule has 5 aromatic rings. The number of rotatable bonds is 5. The van der Waals surface area contributed by atoms with Crippen molar-refractivity contribution in [1.82, 2.24) is 28.6 Å². The van der Waals surface area contributed by atoms with Gasteiger partial charge in [-0.1, -0.05) is 30.3 Å². The van der Waals surface area contributed by atoms with Gasteiger partial charge in [-0.25, -0.2) is 19.6 Å². The lowest BCUT2D eigenvalue weighted by Crippen LogP contribution is -2.29. The lowest BCUT2D eigenvalue weighted by atomic mass is 10.1. The highest BCUT2D eigenvalue weighted by atomic mass is 16.4. The van der Waals surface area contributed by atoms with Gasteiger partial charge in [-0.15, -0.1) is 0 Å². The van der Waals surface area contributed by atoms with E-state index in [1.807, 2.05) is 53.1 Å². The third-order valence-corrected chi connectivity index (χ3v) is 6.90. The predicted molar refractivity (Wildman–Crippen MR) is 132 cm³/mol. The summed E-state index contributed by atoms with van der Waals surface area (Å²) < 4.78 is 5.16. The lowest BCUT2D eigenvalue weighted by Gasteiger charge is -2.16. The topological polar surface area (TPSA) is 98.2 Å². The van der Waals surface area contributed by atoms with E-state index in [1.54, 1.807) is 22.4 Å². The van der Waals surface area contributed by atoms with Crippen molar-refractivity contribution in [3.05, 3.63) is 89.0 Å². The minimum Gasteiger partial charge on any atom is -0.477 e. The van der Waals surface area contributed by atoms with Gasteiger partial charge in [0.25, 0.3) is 0 Å². The number of carbonyl (C=O) groups is 1. The van der Waals surface area contributed by atoms with Crippen LogP contribution in [0.15, 0.2) is 71.8 Å². The summed E-state index contributed by atoms with van der Waals surface area (Å²) in [7, 11) is 1.71. The molecule has 1 saturated heterocycles. The molecule has 35 heavy (non-hydrogen) atoms. The maximum absolute atomic E-state index is 13.8. The first-order valence-electron chi connectivity index (χ1n) is 11.5. The molecule has 0 amide bonds. The minimum absolute atomic E-state index is 0.0409. The van der Waals surface area contributed by atoms with Crippen LogP contribution in [-0.4, -0.2) is 52.7 Å². The van der Waals surface area contributed by atoms with E-state index >= 15 is 0 Å². The number of hydrogen-bond donors (Lipinski definition) is 1. The largest absolute Gasteiger partial charge is 0.477 e. The molecule has 0 bridgehead atoms. The van der Waals surface area contributed by atoms with E-state index in [1.165, 1.54) is 6.20 Å². The summed E-state index contributed by atoms with van der Waals surface area (Å²) in [4.78, 5) is 36.2. The molecule has 2 aromatic carbocycles. The van der Waals surface area contributed by atoms with Gasteiger partial charge < -0.3 is 9.67 Å². The molecule has 9 heteroatoms. The molecule has 0 aliphatic carbocycles. The number of carboxylic acid groups (broad SMARTS) is 1. The third kappa shape index (κ3) is 3.52. The summed E-state index contributed by atoms with van der Waals surface area (Å²) in [5, 5.41) is 11.5. The number of nitrogens with zero attached hydrogens (tertiary/aromatic N) is 6. The van der Waals surface area contributed by atoms with Gasteiger partial charge in [0.2, 0.25) is 0 Å². The summed E-state index contributed by atoms with van der Waals surface area (Å²) in [6.45, 7) is 1.95. The quantitative estimate of drug-likeness (QED) is 0.425. The Labute approximate surface area is 200 Å². The fourth-order valence-corrected chi connectivity index (χ4v) is 5.10. The molecule has 1 N–H and O–H groups in total. The summed E-state index contributed by atoms with van der Waals surface area (Å²) in [6.07, 6.45) is 3.90. The van der Waals surface area contributed by atoms with E-state index in [0.717, 1.165) is 34.9 Å². The van der Waals surface area contributed by atoms with Gasteiger partial charge in [-0.3, -0.25) is 14.0 Å². The number of fused-ring (bicyclic) bond motifs is 2. The van der Waals surface area contributed by atoms with Crippen LogP contribution in [0.3, 0.4) is 0 Å². The molecule has 1 atom stereocenters. The highest BCUT2D eigenvalue weighted by molar-refractivity contribution is 5.86. The number of carboxylic acids is 1. The summed E-state index contributed by atoms with van der Waals surface area (Å²) in [6, 6.07) is 17.9. The molecule has 3 aromatic heterocycles. The second-order valence-electron chi connectivity index (χ2n) is 8.97. The monoisotopic (exact) mass is 468 g/mol. The molecular formula is C26H24N6O3. The highest BCUT2D eigenvalue weighted by Gasteiger charge is 2.30. The molecule has 176 valence electrons. The first kappa shape index (κ1) is 21.3. The lowest BCUT2D eigenvalue weighted by molar-refractivity contribution is 0.0686. The van der Waals surface area contributed by atoms with Gasteiger partial charge in [-0.2, -0.15) is 0 Å². The molecule has 0 unspecified atom stereocenters. The van der Waals surface area contributed by atoms with Gasteiger partial charge in [0.1, 0.15) is 11.5 Å². The Morgan fingerprint density at radius 3 is 2.71 bits per heavy atom. The number of benzene rings is 2. The number of aromatic nitrogens is 5. The van der Waals surface area contributed by atoms with Gasteiger partial charge in [0.15, 0.2) is 5.65 Å². The summed E-state index contributed by atoms with van der Waals surface area (Å²) in [5.74, 6) is -0.309. The van der Waals surface area contributed by atoms with Crippen molar-refractivity contribution < 1.29 is 9.90 Å². The Morgan fingerprint density at radius 1 is 1.09 bits per heavy atom. The van der Waals surface area contributed by atoms with Crippen LogP contribution < -0.4 is 5.69 Å². The molecule has 1 aliphatic rings.